The van der Waals surface area contributed by atoms with Gasteiger partial charge in [-0.15, -0.1) is 0 Å². The van der Waals surface area contributed by atoms with Gasteiger partial charge in [-0.05, 0) is 27.2 Å². The fourth-order valence-corrected chi connectivity index (χ4v) is 1.18. The monoisotopic (exact) mass is 152 g/mol. The lowest BCUT2D eigenvalue weighted by molar-refractivity contribution is 0.802. The van der Waals surface area contributed by atoms with Crippen LogP contribution < -0.4 is 5.32 Å². The summed E-state index contributed by atoms with van der Waals surface area (Å²) in [5, 5.41) is 3.26. The molecule has 1 aliphatic rings. The van der Waals surface area contributed by atoms with E-state index >= 15 is 0 Å². The van der Waals surface area contributed by atoms with E-state index in [1.165, 1.54) is 5.70 Å². The lowest BCUT2D eigenvalue weighted by atomic mass is 10.2. The molecule has 1 N–H and O–H groups in total. The highest BCUT2D eigenvalue weighted by molar-refractivity contribution is 5.84. The minimum Gasteiger partial charge on any atom is -0.348 e. The van der Waals surface area contributed by atoms with Gasteiger partial charge in [-0.1, -0.05) is 6.08 Å². The first-order valence-corrected chi connectivity index (χ1v) is 4.19. The van der Waals surface area contributed by atoms with Crippen LogP contribution in [0.1, 0.15) is 33.6 Å². The fourth-order valence-electron chi connectivity index (χ4n) is 1.18. The van der Waals surface area contributed by atoms with E-state index in [4.69, 9.17) is 0 Å². The molecular weight excluding hydrogens is 136 g/mol. The van der Waals surface area contributed by atoms with Crippen LogP contribution >= 0.6 is 0 Å². The molecule has 0 aromatic carbocycles. The minimum absolute atomic E-state index is 0.406. The summed E-state index contributed by atoms with van der Waals surface area (Å²) in [4.78, 5) is 4.45. The molecule has 2 heteroatoms. The van der Waals surface area contributed by atoms with Gasteiger partial charge in [-0.25, -0.2) is 0 Å². The van der Waals surface area contributed by atoms with Crippen LogP contribution in [0.4, 0.5) is 0 Å². The SMILES string of the molecule is CC1=CCCC(=NC(C)C)N1. The Bertz CT molecular complexity index is 190. The van der Waals surface area contributed by atoms with Gasteiger partial charge in [0.05, 0.1) is 0 Å². The van der Waals surface area contributed by atoms with Gasteiger partial charge in [0.1, 0.15) is 5.84 Å². The van der Waals surface area contributed by atoms with Crippen molar-refractivity contribution in [2.24, 2.45) is 4.99 Å². The number of allylic oxidation sites excluding steroid dienone is 2. The van der Waals surface area contributed by atoms with E-state index in [0.717, 1.165) is 18.7 Å². The molecule has 0 aliphatic carbocycles. The third kappa shape index (κ3) is 2.74. The van der Waals surface area contributed by atoms with E-state index in [-0.39, 0.29) is 0 Å². The van der Waals surface area contributed by atoms with Crippen molar-refractivity contribution in [2.75, 3.05) is 0 Å². The quantitative estimate of drug-likeness (QED) is 0.611. The van der Waals surface area contributed by atoms with E-state index in [9.17, 15) is 0 Å². The highest BCUT2D eigenvalue weighted by Gasteiger charge is 2.04. The van der Waals surface area contributed by atoms with Crippen molar-refractivity contribution >= 4 is 5.84 Å². The van der Waals surface area contributed by atoms with E-state index in [0.29, 0.717) is 6.04 Å². The highest BCUT2D eigenvalue weighted by atomic mass is 15.0. The van der Waals surface area contributed by atoms with Crippen LogP contribution in [0, 0.1) is 0 Å². The van der Waals surface area contributed by atoms with Crippen molar-refractivity contribution in [3.8, 4) is 0 Å². The van der Waals surface area contributed by atoms with Gasteiger partial charge in [0, 0.05) is 18.2 Å². The minimum atomic E-state index is 0.406. The van der Waals surface area contributed by atoms with Crippen LogP contribution in [0.25, 0.3) is 0 Å². The number of rotatable bonds is 1. The molecule has 1 heterocycles. The summed E-state index contributed by atoms with van der Waals surface area (Å²) in [5.74, 6) is 1.14. The standard InChI is InChI=1S/C9H16N2/c1-7(2)10-9-6-4-5-8(3)11-9/h5,7H,4,6H2,1-3H3,(H,10,11). The molecule has 0 atom stereocenters. The molecule has 0 aromatic rings. The normalized spacial score (nSPS) is 21.8. The summed E-state index contributed by atoms with van der Waals surface area (Å²) in [6, 6.07) is 0.406. The Hall–Kier alpha value is -0.790. The maximum atomic E-state index is 4.45. The second kappa shape index (κ2) is 3.56. The van der Waals surface area contributed by atoms with Crippen LogP contribution in [0.2, 0.25) is 0 Å². The maximum absolute atomic E-state index is 4.45. The summed E-state index contributed by atoms with van der Waals surface area (Å²) in [6.07, 6.45) is 4.40. The van der Waals surface area contributed by atoms with Crippen LogP contribution in [0.15, 0.2) is 16.8 Å². The molecule has 0 amide bonds. The van der Waals surface area contributed by atoms with Gasteiger partial charge in [0.15, 0.2) is 0 Å². The maximum Gasteiger partial charge on any atom is 0.101 e. The molecule has 0 fully saturated rings. The first-order valence-electron chi connectivity index (χ1n) is 4.19. The molecule has 62 valence electrons. The van der Waals surface area contributed by atoms with Gasteiger partial charge in [0.2, 0.25) is 0 Å². The van der Waals surface area contributed by atoms with Gasteiger partial charge in [-0.3, -0.25) is 4.99 Å². The van der Waals surface area contributed by atoms with Crippen LogP contribution in [0.5, 0.6) is 0 Å². The Morgan fingerprint density at radius 1 is 1.55 bits per heavy atom. The summed E-state index contributed by atoms with van der Waals surface area (Å²) < 4.78 is 0. The van der Waals surface area contributed by atoms with E-state index in [1.807, 2.05) is 0 Å². The van der Waals surface area contributed by atoms with E-state index < -0.39 is 0 Å². The largest absolute Gasteiger partial charge is 0.348 e. The predicted molar refractivity (Wildman–Crippen MR) is 48.7 cm³/mol. The van der Waals surface area contributed by atoms with Crippen molar-refractivity contribution < 1.29 is 0 Å². The summed E-state index contributed by atoms with van der Waals surface area (Å²) in [5.41, 5.74) is 1.23. The lowest BCUT2D eigenvalue weighted by Crippen LogP contribution is -2.25. The molecule has 2 nitrogen and oxygen atoms in total. The zero-order valence-electron chi connectivity index (χ0n) is 7.52. The van der Waals surface area contributed by atoms with Gasteiger partial charge in [-0.2, -0.15) is 0 Å². The Morgan fingerprint density at radius 3 is 2.82 bits per heavy atom. The summed E-state index contributed by atoms with van der Waals surface area (Å²) >= 11 is 0. The zero-order chi connectivity index (χ0) is 8.27. The van der Waals surface area contributed by atoms with Gasteiger partial charge >= 0.3 is 0 Å². The number of nitrogens with zero attached hydrogens (tertiary/aromatic N) is 1. The molecule has 0 bridgehead atoms. The number of hydrogen-bond acceptors (Lipinski definition) is 1. The van der Waals surface area contributed by atoms with Gasteiger partial charge in [0.25, 0.3) is 0 Å². The smallest absolute Gasteiger partial charge is 0.101 e. The average Bonchev–Trinajstić information content (AvgIpc) is 1.85. The number of nitrogens with one attached hydrogen (secondary N) is 1. The average molecular weight is 152 g/mol. The van der Waals surface area contributed by atoms with Crippen LogP contribution in [-0.2, 0) is 0 Å². The van der Waals surface area contributed by atoms with Crippen molar-refractivity contribution in [3.63, 3.8) is 0 Å². The lowest BCUT2D eigenvalue weighted by Gasteiger charge is -2.15. The van der Waals surface area contributed by atoms with Crippen LogP contribution in [-0.4, -0.2) is 11.9 Å². The first kappa shape index (κ1) is 8.31. The summed E-state index contributed by atoms with van der Waals surface area (Å²) in [6.45, 7) is 6.28. The fraction of sp³-hybridized carbons (Fsp3) is 0.667. The molecule has 11 heavy (non-hydrogen) atoms. The van der Waals surface area contributed by atoms with Crippen molar-refractivity contribution in [2.45, 2.75) is 39.7 Å². The third-order valence-corrected chi connectivity index (χ3v) is 1.59. The molecule has 0 aromatic heterocycles. The topological polar surface area (TPSA) is 24.4 Å². The van der Waals surface area contributed by atoms with Crippen molar-refractivity contribution in [3.05, 3.63) is 11.8 Å². The zero-order valence-corrected chi connectivity index (χ0v) is 7.52. The summed E-state index contributed by atoms with van der Waals surface area (Å²) in [7, 11) is 0. The molecule has 0 saturated carbocycles. The second-order valence-electron chi connectivity index (χ2n) is 3.22. The number of hydrogen-bond donors (Lipinski definition) is 1. The predicted octanol–water partition coefficient (Wildman–Crippen LogP) is 2.08. The van der Waals surface area contributed by atoms with Gasteiger partial charge < -0.3 is 5.32 Å². The van der Waals surface area contributed by atoms with Crippen molar-refractivity contribution in [1.29, 1.82) is 0 Å². The third-order valence-electron chi connectivity index (χ3n) is 1.59. The molecule has 0 saturated heterocycles. The van der Waals surface area contributed by atoms with Crippen LogP contribution in [0.3, 0.4) is 0 Å². The molecule has 0 spiro atoms. The number of aliphatic imine (C=N–C) groups is 1. The highest BCUT2D eigenvalue weighted by Crippen LogP contribution is 2.05. The molecular formula is C9H16N2. The Labute approximate surface area is 68.4 Å². The van der Waals surface area contributed by atoms with E-state index in [2.05, 4.69) is 37.2 Å². The van der Waals surface area contributed by atoms with E-state index in [1.54, 1.807) is 0 Å². The number of amidine groups is 1. The Kier molecular flexibility index (Phi) is 2.69. The molecule has 0 radical (unpaired) electrons. The second-order valence-corrected chi connectivity index (χ2v) is 3.22. The molecule has 1 aliphatic heterocycles. The first-order chi connectivity index (χ1) is 5.18. The Balaban J connectivity index is 2.56. The molecule has 0 unspecified atom stereocenters. The molecule has 1 rings (SSSR count). The Morgan fingerprint density at radius 2 is 2.27 bits per heavy atom. The van der Waals surface area contributed by atoms with Crippen molar-refractivity contribution in [1.82, 2.24) is 5.32 Å².